The predicted octanol–water partition coefficient (Wildman–Crippen LogP) is 3.20. The molecule has 2 aliphatic rings. The lowest BCUT2D eigenvalue weighted by Gasteiger charge is -2.24. The van der Waals surface area contributed by atoms with Crippen molar-refractivity contribution in [3.05, 3.63) is 35.4 Å². The summed E-state index contributed by atoms with van der Waals surface area (Å²) in [4.78, 5) is 24.2. The minimum Gasteiger partial charge on any atom is -0.492 e. The fraction of sp³-hybridized carbons (Fsp3) is 0.412. The first-order valence-corrected chi connectivity index (χ1v) is 8.03. The number of fused-ring (bicyclic) bond motifs is 2. The first-order chi connectivity index (χ1) is 11.0. The molecule has 1 saturated carbocycles. The molecule has 0 aliphatic heterocycles. The van der Waals surface area contributed by atoms with Crippen molar-refractivity contribution in [1.29, 1.82) is 0 Å². The van der Waals surface area contributed by atoms with Crippen molar-refractivity contribution in [2.24, 2.45) is 23.7 Å². The van der Waals surface area contributed by atoms with Gasteiger partial charge in [0, 0.05) is 11.1 Å². The van der Waals surface area contributed by atoms with Crippen LogP contribution in [0, 0.1) is 23.7 Å². The molecule has 23 heavy (non-hydrogen) atoms. The third-order valence-corrected chi connectivity index (χ3v) is 4.78. The molecule has 0 aromatic heterocycles. The van der Waals surface area contributed by atoms with E-state index < -0.39 is 17.8 Å². The number of carboxylic acids is 1. The third kappa shape index (κ3) is 2.93. The minimum absolute atomic E-state index is 0.0102. The van der Waals surface area contributed by atoms with Crippen LogP contribution in [0.15, 0.2) is 30.4 Å². The maximum Gasteiger partial charge on any atom is 0.307 e. The fourth-order valence-electron chi connectivity index (χ4n) is 3.61. The number of nitrogens with one attached hydrogen (secondary N) is 1. The van der Waals surface area contributed by atoms with Gasteiger partial charge in [0.2, 0.25) is 5.91 Å². The van der Waals surface area contributed by atoms with Crippen LogP contribution >= 0.6 is 11.6 Å². The molecule has 1 amide bonds. The number of ether oxygens (including phenoxy) is 1. The van der Waals surface area contributed by atoms with Crippen LogP contribution in [0.1, 0.15) is 13.3 Å². The normalized spacial score (nSPS) is 27.9. The van der Waals surface area contributed by atoms with Crippen LogP contribution in [-0.2, 0) is 9.59 Å². The van der Waals surface area contributed by atoms with Crippen molar-refractivity contribution in [2.75, 3.05) is 11.9 Å². The van der Waals surface area contributed by atoms with Crippen LogP contribution in [0.5, 0.6) is 5.75 Å². The number of carbonyl (C=O) groups is 2. The van der Waals surface area contributed by atoms with Crippen molar-refractivity contribution in [3.63, 3.8) is 0 Å². The highest BCUT2D eigenvalue weighted by Gasteiger charge is 2.51. The fourth-order valence-corrected chi connectivity index (χ4v) is 3.77. The molecule has 4 unspecified atom stereocenters. The summed E-state index contributed by atoms with van der Waals surface area (Å²) in [6.07, 6.45) is 4.61. The van der Waals surface area contributed by atoms with Gasteiger partial charge in [-0.15, -0.1) is 0 Å². The van der Waals surface area contributed by atoms with Crippen molar-refractivity contribution < 1.29 is 19.4 Å². The van der Waals surface area contributed by atoms with E-state index in [0.717, 1.165) is 6.42 Å². The van der Waals surface area contributed by atoms with Gasteiger partial charge in [0.25, 0.3) is 0 Å². The Morgan fingerprint density at radius 1 is 1.30 bits per heavy atom. The Balaban J connectivity index is 1.82. The summed E-state index contributed by atoms with van der Waals surface area (Å²) in [6.45, 7) is 2.28. The van der Waals surface area contributed by atoms with E-state index in [4.69, 9.17) is 16.3 Å². The van der Waals surface area contributed by atoms with Crippen molar-refractivity contribution >= 4 is 29.2 Å². The molecule has 1 fully saturated rings. The quantitative estimate of drug-likeness (QED) is 0.810. The molecule has 122 valence electrons. The smallest absolute Gasteiger partial charge is 0.307 e. The predicted molar refractivity (Wildman–Crippen MR) is 86.6 cm³/mol. The number of halogens is 1. The van der Waals surface area contributed by atoms with Crippen LogP contribution in [0.25, 0.3) is 0 Å². The molecule has 0 heterocycles. The van der Waals surface area contributed by atoms with Crippen LogP contribution in [0.3, 0.4) is 0 Å². The summed E-state index contributed by atoms with van der Waals surface area (Å²) in [7, 11) is 0. The number of benzene rings is 1. The Morgan fingerprint density at radius 3 is 2.65 bits per heavy atom. The number of amides is 1. The minimum atomic E-state index is -0.914. The molecule has 4 atom stereocenters. The van der Waals surface area contributed by atoms with E-state index in [1.165, 1.54) is 0 Å². The van der Waals surface area contributed by atoms with Gasteiger partial charge in [-0.1, -0.05) is 23.8 Å². The van der Waals surface area contributed by atoms with Crippen LogP contribution in [0.4, 0.5) is 5.69 Å². The number of allylic oxidation sites excluding steroid dienone is 2. The van der Waals surface area contributed by atoms with Crippen molar-refractivity contribution in [1.82, 2.24) is 0 Å². The Labute approximate surface area is 139 Å². The maximum atomic E-state index is 12.7. The zero-order chi connectivity index (χ0) is 16.6. The van der Waals surface area contributed by atoms with Crippen LogP contribution in [0.2, 0.25) is 5.02 Å². The van der Waals surface area contributed by atoms with Gasteiger partial charge in [-0.05, 0) is 37.3 Å². The van der Waals surface area contributed by atoms with Crippen LogP contribution in [-0.4, -0.2) is 23.6 Å². The third-order valence-electron chi connectivity index (χ3n) is 4.55. The van der Waals surface area contributed by atoms with Gasteiger partial charge in [-0.25, -0.2) is 0 Å². The molecule has 1 aromatic rings. The van der Waals surface area contributed by atoms with E-state index in [2.05, 4.69) is 5.32 Å². The average Bonchev–Trinajstić information content (AvgIpc) is 3.10. The molecule has 3 rings (SSSR count). The highest BCUT2D eigenvalue weighted by atomic mass is 35.5. The molecule has 1 aromatic carbocycles. The topological polar surface area (TPSA) is 75.6 Å². The summed E-state index contributed by atoms with van der Waals surface area (Å²) in [5, 5.41) is 12.8. The molecule has 6 heteroatoms. The van der Waals surface area contributed by atoms with Crippen molar-refractivity contribution in [2.45, 2.75) is 13.3 Å². The van der Waals surface area contributed by atoms with Gasteiger partial charge in [-0.2, -0.15) is 0 Å². The second-order valence-electron chi connectivity index (χ2n) is 5.90. The maximum absolute atomic E-state index is 12.7. The highest BCUT2D eigenvalue weighted by molar-refractivity contribution is 6.30. The molecule has 5 nitrogen and oxygen atoms in total. The molecule has 2 aliphatic carbocycles. The molecule has 0 saturated heterocycles. The number of hydrogen-bond acceptors (Lipinski definition) is 3. The Kier molecular flexibility index (Phi) is 4.31. The lowest BCUT2D eigenvalue weighted by Crippen LogP contribution is -2.36. The van der Waals surface area contributed by atoms with E-state index in [1.807, 2.05) is 19.1 Å². The second-order valence-corrected chi connectivity index (χ2v) is 6.34. The number of hydrogen-bond donors (Lipinski definition) is 2. The Hall–Kier alpha value is -2.01. The van der Waals surface area contributed by atoms with Crippen molar-refractivity contribution in [3.8, 4) is 5.75 Å². The van der Waals surface area contributed by atoms with E-state index in [0.29, 0.717) is 23.1 Å². The lowest BCUT2D eigenvalue weighted by atomic mass is 9.82. The van der Waals surface area contributed by atoms with Gasteiger partial charge < -0.3 is 15.2 Å². The molecule has 0 radical (unpaired) electrons. The van der Waals surface area contributed by atoms with E-state index in [-0.39, 0.29) is 17.7 Å². The van der Waals surface area contributed by atoms with Gasteiger partial charge in [0.15, 0.2) is 0 Å². The average molecular weight is 336 g/mol. The summed E-state index contributed by atoms with van der Waals surface area (Å²) >= 11 is 5.95. The molecule has 2 bridgehead atoms. The van der Waals surface area contributed by atoms with Gasteiger partial charge in [-0.3, -0.25) is 9.59 Å². The lowest BCUT2D eigenvalue weighted by molar-refractivity contribution is -0.146. The number of carbonyl (C=O) groups excluding carboxylic acids is 1. The first kappa shape index (κ1) is 15.9. The molecule has 2 N–H and O–H groups in total. The largest absolute Gasteiger partial charge is 0.492 e. The van der Waals surface area contributed by atoms with E-state index in [9.17, 15) is 14.7 Å². The summed E-state index contributed by atoms with van der Waals surface area (Å²) in [5.41, 5.74) is 0.511. The Morgan fingerprint density at radius 2 is 2.00 bits per heavy atom. The van der Waals surface area contributed by atoms with E-state index in [1.54, 1.807) is 18.2 Å². The number of carboxylic acid groups (broad SMARTS) is 1. The van der Waals surface area contributed by atoms with Gasteiger partial charge in [0.05, 0.1) is 24.1 Å². The molecular formula is C17H18ClNO4. The molecular weight excluding hydrogens is 318 g/mol. The van der Waals surface area contributed by atoms with Gasteiger partial charge in [0.1, 0.15) is 5.75 Å². The van der Waals surface area contributed by atoms with E-state index >= 15 is 0 Å². The SMILES string of the molecule is CCOc1cc(Cl)ccc1NC(=O)C1C2C=CC(C2)C1C(=O)O. The zero-order valence-electron chi connectivity index (χ0n) is 12.7. The monoisotopic (exact) mass is 335 g/mol. The first-order valence-electron chi connectivity index (χ1n) is 7.65. The standard InChI is InChI=1S/C17H18ClNO4/c1-2-23-13-8-11(18)5-6-12(13)19-16(20)14-9-3-4-10(7-9)15(14)17(21)22/h3-6,8-10,14-15H,2,7H2,1H3,(H,19,20)(H,21,22). The van der Waals surface area contributed by atoms with Crippen LogP contribution < -0.4 is 10.1 Å². The number of aliphatic carboxylic acids is 1. The Bertz CT molecular complexity index is 673. The zero-order valence-corrected chi connectivity index (χ0v) is 13.4. The second kappa shape index (κ2) is 6.24. The summed E-state index contributed by atoms with van der Waals surface area (Å²) in [6, 6.07) is 4.97. The summed E-state index contributed by atoms with van der Waals surface area (Å²) in [5.74, 6) is -1.98. The summed E-state index contributed by atoms with van der Waals surface area (Å²) < 4.78 is 5.49. The van der Waals surface area contributed by atoms with Gasteiger partial charge >= 0.3 is 5.97 Å². The molecule has 0 spiro atoms. The number of anilines is 1. The number of rotatable bonds is 5. The highest BCUT2D eigenvalue weighted by Crippen LogP contribution is 2.48.